The topological polar surface area (TPSA) is 57.9 Å². The maximum absolute atomic E-state index is 13.9. The van der Waals surface area contributed by atoms with Gasteiger partial charge >= 0.3 is 287 Å². The Morgan fingerprint density at radius 1 is 0.453 bits per heavy atom. The van der Waals surface area contributed by atoms with E-state index in [1.165, 1.54) is 56.4 Å². The van der Waals surface area contributed by atoms with Crippen molar-refractivity contribution >= 4 is 67.1 Å². The van der Waals surface area contributed by atoms with Crippen LogP contribution in [0.1, 0.15) is 27.8 Å². The summed E-state index contributed by atoms with van der Waals surface area (Å²) in [4.78, 5) is -0.235. The summed E-state index contributed by atoms with van der Waals surface area (Å²) in [5.74, 6) is 0. The van der Waals surface area contributed by atoms with Gasteiger partial charge in [0.2, 0.25) is 0 Å². The van der Waals surface area contributed by atoms with Crippen LogP contribution in [0.15, 0.2) is 228 Å². The molecule has 0 amide bonds. The van der Waals surface area contributed by atoms with Crippen LogP contribution in [0.2, 0.25) is 13.1 Å². The molecule has 64 heavy (non-hydrogen) atoms. The Bertz CT molecular complexity index is 3440. The predicted octanol–water partition coefficient (Wildman–Crippen LogP) is 14.7. The minimum atomic E-state index is -4.08. The summed E-state index contributed by atoms with van der Waals surface area (Å²) in [6.07, 6.45) is 1.52. The zero-order chi connectivity index (χ0) is 43.8. The Labute approximate surface area is 376 Å². The molecule has 0 saturated carbocycles. The number of benzene rings is 9. The third-order valence-corrected chi connectivity index (χ3v) is 18.5. The number of sulfone groups is 1. The van der Waals surface area contributed by atoms with Gasteiger partial charge in [0.1, 0.15) is 0 Å². The Morgan fingerprint density at radius 2 is 0.875 bits per heavy atom. The molecule has 0 saturated heterocycles. The average molecular weight is 859 g/mol. The zero-order valence-electron chi connectivity index (χ0n) is 35.6. The second kappa shape index (κ2) is 16.6. The van der Waals surface area contributed by atoms with Crippen molar-refractivity contribution in [1.82, 2.24) is 0 Å². The first-order valence-corrected chi connectivity index (χ1v) is 26.7. The number of nitrogens with zero attached hydrogens (tertiary/aromatic N) is 1. The molecular weight excluding hydrogens is 815 g/mol. The molecule has 0 fully saturated rings. The van der Waals surface area contributed by atoms with Crippen LogP contribution in [0.25, 0.3) is 71.4 Å². The Hall–Kier alpha value is -7.62. The Balaban J connectivity index is 1.20. The maximum atomic E-state index is 13.9. The van der Waals surface area contributed by atoms with Gasteiger partial charge in [-0.2, -0.15) is 5.26 Å². The number of rotatable bonds is 9. The first-order valence-electron chi connectivity index (χ1n) is 21.7. The van der Waals surface area contributed by atoms with Gasteiger partial charge in [0.15, 0.2) is 0 Å². The number of fused-ring (bicyclic) bond motifs is 2. The molecule has 1 heterocycles. The van der Waals surface area contributed by atoms with Crippen LogP contribution in [0, 0.1) is 11.3 Å². The third-order valence-electron chi connectivity index (χ3n) is 12.7. The van der Waals surface area contributed by atoms with E-state index in [2.05, 4.69) is 189 Å². The molecule has 0 spiro atoms. The van der Waals surface area contributed by atoms with E-state index in [-0.39, 0.29) is 9.80 Å². The van der Waals surface area contributed by atoms with E-state index >= 15 is 0 Å². The molecule has 0 unspecified atom stereocenters. The molecule has 0 N–H and O–H groups in total. The number of nitriles is 1. The number of hydrogen-bond acceptors (Lipinski definition) is 3. The fraction of sp³-hybridized carbons (Fsp3) is 0.0339. The van der Waals surface area contributed by atoms with Gasteiger partial charge in [-0.1, -0.05) is 54.6 Å². The quantitative estimate of drug-likeness (QED) is 0.0825. The summed E-state index contributed by atoms with van der Waals surface area (Å²) < 4.78 is 27.8. The van der Waals surface area contributed by atoms with Crippen molar-refractivity contribution in [1.29, 1.82) is 5.26 Å². The van der Waals surface area contributed by atoms with Crippen LogP contribution in [0.5, 0.6) is 0 Å². The molecule has 0 bridgehead atoms. The fourth-order valence-corrected chi connectivity index (χ4v) is 15.5. The SMILES string of the molecule is C[SiH-]1(C)C(c2ccccc2)=C(c2ccccc2)C(c2ccc(-c3cc(/C=C(\C#N)S(=O)(=O)c4ccccc4)cc(-c4c5ccccc5cc5ccccc45)c3)cc2)=C1c1ccccc1. The molecule has 9 aromatic rings. The van der Waals surface area contributed by atoms with E-state index < -0.39 is 17.9 Å². The molecule has 10 rings (SSSR count). The summed E-state index contributed by atoms with van der Waals surface area (Å²) in [5.41, 5.74) is 11.9. The Kier molecular flexibility index (Phi) is 10.5. The van der Waals surface area contributed by atoms with Crippen molar-refractivity contribution in [3.8, 4) is 28.3 Å². The van der Waals surface area contributed by atoms with E-state index in [4.69, 9.17) is 0 Å². The van der Waals surface area contributed by atoms with E-state index in [1.807, 2.05) is 18.2 Å². The van der Waals surface area contributed by atoms with Gasteiger partial charge in [-0.15, -0.1) is 0 Å². The minimum absolute atomic E-state index is 0.0806. The van der Waals surface area contributed by atoms with Gasteiger partial charge in [0.25, 0.3) is 0 Å². The van der Waals surface area contributed by atoms with Crippen LogP contribution in [0.4, 0.5) is 0 Å². The van der Waals surface area contributed by atoms with Crippen LogP contribution < -0.4 is 0 Å². The molecule has 9 aromatic carbocycles. The van der Waals surface area contributed by atoms with Crippen LogP contribution in [-0.2, 0) is 9.84 Å². The fourth-order valence-electron chi connectivity index (χ4n) is 9.95. The van der Waals surface area contributed by atoms with Gasteiger partial charge in [-0.25, -0.2) is 8.42 Å². The molecular formula is C59H44NO2SSi-. The van der Waals surface area contributed by atoms with Crippen molar-refractivity contribution in [3.05, 3.63) is 251 Å². The number of hydrogen-bond donors (Lipinski definition) is 0. The summed E-state index contributed by atoms with van der Waals surface area (Å²) in [7, 11) is -6.81. The van der Waals surface area contributed by atoms with Crippen molar-refractivity contribution in [2.45, 2.75) is 18.0 Å². The Morgan fingerprint density at radius 3 is 1.39 bits per heavy atom. The first-order chi connectivity index (χ1) is 31.2. The molecule has 5 heteroatoms. The second-order valence-corrected chi connectivity index (χ2v) is 23.9. The summed E-state index contributed by atoms with van der Waals surface area (Å²) in [5, 5.41) is 17.7. The standard InChI is InChI=1S/C59H44NO2SSi/c1-64(2)58(45-21-9-4-10-22-45)56(43-19-7-3-8-20-43)57(59(64)46-23-11-5-12-24-46)44-33-31-42(32-34-44)49-35-41(37-52(40-60)63(61,62)51-27-13-6-14-28-51)36-50(39-49)55-53-29-17-15-25-47(53)38-48-26-16-18-30-54(48)55/h3-39,64H,1-2H3/q-1/b52-37+. The van der Waals surface area contributed by atoms with Gasteiger partial charge in [-0.3, -0.25) is 0 Å². The van der Waals surface area contributed by atoms with Gasteiger partial charge < -0.3 is 0 Å². The van der Waals surface area contributed by atoms with Gasteiger partial charge in [-0.05, 0) is 18.2 Å². The van der Waals surface area contributed by atoms with Crippen molar-refractivity contribution in [2.75, 3.05) is 0 Å². The monoisotopic (exact) mass is 858 g/mol. The van der Waals surface area contributed by atoms with Gasteiger partial charge in [0, 0.05) is 0 Å². The molecule has 308 valence electrons. The molecule has 0 aliphatic carbocycles. The first kappa shape index (κ1) is 40.4. The molecule has 1 aliphatic rings. The van der Waals surface area contributed by atoms with E-state index in [1.54, 1.807) is 18.2 Å². The zero-order valence-corrected chi connectivity index (χ0v) is 37.6. The molecule has 0 radical (unpaired) electrons. The van der Waals surface area contributed by atoms with E-state index in [0.717, 1.165) is 49.4 Å². The summed E-state index contributed by atoms with van der Waals surface area (Å²) >= 11 is 0. The third kappa shape index (κ3) is 7.23. The molecule has 1 aliphatic heterocycles. The predicted molar refractivity (Wildman–Crippen MR) is 271 cm³/mol. The molecule has 0 aromatic heterocycles. The summed E-state index contributed by atoms with van der Waals surface area (Å²) in [6.45, 7) is 5.01. The second-order valence-electron chi connectivity index (χ2n) is 17.1. The van der Waals surface area contributed by atoms with Crippen molar-refractivity contribution in [2.24, 2.45) is 0 Å². The average Bonchev–Trinajstić information content (AvgIpc) is 3.60. The van der Waals surface area contributed by atoms with Crippen LogP contribution >= 0.6 is 0 Å². The molecule has 3 nitrogen and oxygen atoms in total. The number of allylic oxidation sites excluding steroid dienone is 3. The van der Waals surface area contributed by atoms with E-state index in [9.17, 15) is 13.7 Å². The molecule has 0 atom stereocenters. The van der Waals surface area contributed by atoms with Crippen LogP contribution in [-0.4, -0.2) is 16.5 Å². The van der Waals surface area contributed by atoms with Crippen molar-refractivity contribution in [3.63, 3.8) is 0 Å². The van der Waals surface area contributed by atoms with Gasteiger partial charge in [0.05, 0.1) is 4.90 Å². The normalized spacial score (nSPS) is 14.5. The van der Waals surface area contributed by atoms with E-state index in [0.29, 0.717) is 5.56 Å². The summed E-state index contributed by atoms with van der Waals surface area (Å²) in [6, 6.07) is 76.8. The van der Waals surface area contributed by atoms with Crippen molar-refractivity contribution < 1.29 is 8.42 Å². The van der Waals surface area contributed by atoms with Crippen LogP contribution in [0.3, 0.4) is 0 Å².